The molecule has 1 fully saturated rings. The largest absolute Gasteiger partial charge is 0.316 e. The van der Waals surface area contributed by atoms with Gasteiger partial charge in [-0.05, 0) is 67.3 Å². The topological polar surface area (TPSA) is 24.9 Å². The second-order valence-electron chi connectivity index (χ2n) is 5.48. The van der Waals surface area contributed by atoms with Crippen molar-refractivity contribution >= 4 is 17.2 Å². The molecule has 1 N–H and O–H groups in total. The minimum absolute atomic E-state index is 0.618. The zero-order chi connectivity index (χ0) is 12.5. The maximum absolute atomic E-state index is 5.99. The summed E-state index contributed by atoms with van der Waals surface area (Å²) in [5, 5.41) is 4.11. The minimum atomic E-state index is 0.618. The highest BCUT2D eigenvalue weighted by molar-refractivity contribution is 6.30. The van der Waals surface area contributed by atoms with Crippen LogP contribution in [0.3, 0.4) is 0 Å². The number of pyridine rings is 1. The van der Waals surface area contributed by atoms with Gasteiger partial charge in [-0.3, -0.25) is 0 Å². The highest BCUT2D eigenvalue weighted by atomic mass is 35.5. The molecule has 3 rings (SSSR count). The number of nitrogens with one attached hydrogen (secondary N) is 1. The molecule has 2 unspecified atom stereocenters. The van der Waals surface area contributed by atoms with Crippen molar-refractivity contribution in [3.8, 4) is 0 Å². The molecule has 0 aromatic carbocycles. The smallest absolute Gasteiger partial charge is 0.131 e. The van der Waals surface area contributed by atoms with E-state index in [-0.39, 0.29) is 0 Å². The molecule has 0 saturated carbocycles. The quantitative estimate of drug-likeness (QED) is 0.785. The minimum Gasteiger partial charge on any atom is -0.316 e. The van der Waals surface area contributed by atoms with Crippen molar-refractivity contribution in [1.82, 2.24) is 10.3 Å². The molecular formula is C15H19ClN2. The number of fused-ring (bicyclic) bond motifs is 1. The predicted octanol–water partition coefficient (Wildman–Crippen LogP) is 3.45. The van der Waals surface area contributed by atoms with Gasteiger partial charge in [0.1, 0.15) is 5.15 Å². The number of nitrogens with zero attached hydrogens (tertiary/aromatic N) is 1. The number of allylic oxidation sites excluding steroid dienone is 1. The van der Waals surface area contributed by atoms with Crippen LogP contribution < -0.4 is 5.32 Å². The van der Waals surface area contributed by atoms with Gasteiger partial charge in [0.05, 0.1) is 0 Å². The number of halogens is 1. The van der Waals surface area contributed by atoms with Crippen LogP contribution in [0.25, 0.3) is 5.57 Å². The Kier molecular flexibility index (Phi) is 3.40. The van der Waals surface area contributed by atoms with E-state index in [4.69, 9.17) is 11.6 Å². The third-order valence-electron chi connectivity index (χ3n) is 4.26. The van der Waals surface area contributed by atoms with Gasteiger partial charge in [0.15, 0.2) is 0 Å². The molecule has 0 spiro atoms. The maximum atomic E-state index is 5.99. The number of rotatable bonds is 1. The van der Waals surface area contributed by atoms with E-state index in [1.807, 2.05) is 13.1 Å². The Bertz CT molecular complexity index is 481. The molecule has 0 bridgehead atoms. The Balaban J connectivity index is 1.87. The van der Waals surface area contributed by atoms with E-state index in [0.717, 1.165) is 18.0 Å². The van der Waals surface area contributed by atoms with Crippen LogP contribution in [0.1, 0.15) is 30.4 Å². The molecule has 0 amide bonds. The fourth-order valence-corrected chi connectivity index (χ4v) is 3.25. The lowest BCUT2D eigenvalue weighted by atomic mass is 9.76. The third-order valence-corrected chi connectivity index (χ3v) is 4.66. The molecule has 96 valence electrons. The SMILES string of the molecule is Cc1cc(C2=CC3CNCCC3CC2)cnc1Cl. The normalized spacial score (nSPS) is 27.6. The van der Waals surface area contributed by atoms with E-state index in [2.05, 4.69) is 22.4 Å². The van der Waals surface area contributed by atoms with Gasteiger partial charge in [-0.15, -0.1) is 0 Å². The van der Waals surface area contributed by atoms with E-state index in [0.29, 0.717) is 11.1 Å². The van der Waals surface area contributed by atoms with Crippen LogP contribution in [-0.4, -0.2) is 18.1 Å². The van der Waals surface area contributed by atoms with Crippen molar-refractivity contribution in [2.24, 2.45) is 11.8 Å². The first-order valence-corrected chi connectivity index (χ1v) is 7.16. The second kappa shape index (κ2) is 5.02. The van der Waals surface area contributed by atoms with Gasteiger partial charge in [-0.2, -0.15) is 0 Å². The molecule has 1 aliphatic heterocycles. The number of piperidine rings is 1. The lowest BCUT2D eigenvalue weighted by Gasteiger charge is -2.34. The monoisotopic (exact) mass is 262 g/mol. The zero-order valence-corrected chi connectivity index (χ0v) is 11.5. The Morgan fingerprint density at radius 3 is 3.11 bits per heavy atom. The molecule has 1 aromatic rings. The van der Waals surface area contributed by atoms with Crippen LogP contribution >= 0.6 is 11.6 Å². The highest BCUT2D eigenvalue weighted by Gasteiger charge is 2.27. The molecule has 0 radical (unpaired) electrons. The Hall–Kier alpha value is -0.860. The molecular weight excluding hydrogens is 244 g/mol. The Morgan fingerprint density at radius 1 is 1.39 bits per heavy atom. The van der Waals surface area contributed by atoms with Crippen LogP contribution in [0.2, 0.25) is 5.15 Å². The van der Waals surface area contributed by atoms with Crippen LogP contribution in [0.4, 0.5) is 0 Å². The number of hydrogen-bond donors (Lipinski definition) is 1. The summed E-state index contributed by atoms with van der Waals surface area (Å²) in [6.45, 7) is 4.34. The van der Waals surface area contributed by atoms with E-state index in [1.54, 1.807) is 0 Å². The summed E-state index contributed by atoms with van der Waals surface area (Å²) in [4.78, 5) is 4.27. The summed E-state index contributed by atoms with van der Waals surface area (Å²) in [7, 11) is 0. The van der Waals surface area contributed by atoms with Crippen LogP contribution in [0, 0.1) is 18.8 Å². The van der Waals surface area contributed by atoms with Crippen LogP contribution in [-0.2, 0) is 0 Å². The van der Waals surface area contributed by atoms with Gasteiger partial charge in [-0.1, -0.05) is 17.7 Å². The first-order chi connectivity index (χ1) is 8.74. The molecule has 1 aliphatic carbocycles. The van der Waals surface area contributed by atoms with E-state index < -0.39 is 0 Å². The lowest BCUT2D eigenvalue weighted by molar-refractivity contribution is 0.279. The average molecular weight is 263 g/mol. The maximum Gasteiger partial charge on any atom is 0.131 e. The molecule has 2 atom stereocenters. The molecule has 1 aromatic heterocycles. The molecule has 2 aliphatic rings. The van der Waals surface area contributed by atoms with Crippen molar-refractivity contribution in [2.45, 2.75) is 26.2 Å². The van der Waals surface area contributed by atoms with Crippen LogP contribution in [0.15, 0.2) is 18.3 Å². The van der Waals surface area contributed by atoms with Gasteiger partial charge in [0.2, 0.25) is 0 Å². The molecule has 18 heavy (non-hydrogen) atoms. The molecule has 3 heteroatoms. The number of hydrogen-bond acceptors (Lipinski definition) is 2. The fraction of sp³-hybridized carbons (Fsp3) is 0.533. The van der Waals surface area contributed by atoms with E-state index in [9.17, 15) is 0 Å². The van der Waals surface area contributed by atoms with E-state index >= 15 is 0 Å². The van der Waals surface area contributed by atoms with Crippen LogP contribution in [0.5, 0.6) is 0 Å². The van der Waals surface area contributed by atoms with Gasteiger partial charge < -0.3 is 5.32 Å². The number of aromatic nitrogens is 1. The molecule has 2 heterocycles. The summed E-state index contributed by atoms with van der Waals surface area (Å²) >= 11 is 5.99. The predicted molar refractivity (Wildman–Crippen MR) is 75.7 cm³/mol. The number of aryl methyl sites for hydroxylation is 1. The fourth-order valence-electron chi connectivity index (χ4n) is 3.15. The van der Waals surface area contributed by atoms with E-state index in [1.165, 1.54) is 36.9 Å². The van der Waals surface area contributed by atoms with Gasteiger partial charge in [0.25, 0.3) is 0 Å². The van der Waals surface area contributed by atoms with Crippen molar-refractivity contribution in [3.63, 3.8) is 0 Å². The first kappa shape index (κ1) is 12.2. The summed E-state index contributed by atoms with van der Waals surface area (Å²) < 4.78 is 0. The Morgan fingerprint density at radius 2 is 2.28 bits per heavy atom. The van der Waals surface area contributed by atoms with Crippen molar-refractivity contribution in [3.05, 3.63) is 34.6 Å². The van der Waals surface area contributed by atoms with Crippen molar-refractivity contribution < 1.29 is 0 Å². The summed E-state index contributed by atoms with van der Waals surface area (Å²) in [5.41, 5.74) is 3.77. The third kappa shape index (κ3) is 2.32. The Labute approximate surface area is 113 Å². The average Bonchev–Trinajstić information content (AvgIpc) is 2.41. The highest BCUT2D eigenvalue weighted by Crippen LogP contribution is 2.36. The standard InChI is InChI=1S/C15H19ClN2/c1-10-6-13(9-18-15(10)16)12-3-2-11-4-5-17-8-14(11)7-12/h6-7,9,11,14,17H,2-5,8H2,1H3. The van der Waals surface area contributed by atoms with Gasteiger partial charge in [-0.25, -0.2) is 4.98 Å². The van der Waals surface area contributed by atoms with Gasteiger partial charge in [0, 0.05) is 12.7 Å². The summed E-state index contributed by atoms with van der Waals surface area (Å²) in [5.74, 6) is 1.59. The zero-order valence-electron chi connectivity index (χ0n) is 10.7. The summed E-state index contributed by atoms with van der Waals surface area (Å²) in [6, 6.07) is 2.16. The van der Waals surface area contributed by atoms with Crippen molar-refractivity contribution in [1.29, 1.82) is 0 Å². The van der Waals surface area contributed by atoms with Crippen molar-refractivity contribution in [2.75, 3.05) is 13.1 Å². The molecule has 1 saturated heterocycles. The lowest BCUT2D eigenvalue weighted by Crippen LogP contribution is -2.37. The first-order valence-electron chi connectivity index (χ1n) is 6.78. The second-order valence-corrected chi connectivity index (χ2v) is 5.84. The summed E-state index contributed by atoms with van der Waals surface area (Å²) in [6.07, 6.45) is 8.21. The van der Waals surface area contributed by atoms with Gasteiger partial charge >= 0.3 is 0 Å². The molecule has 2 nitrogen and oxygen atoms in total.